The van der Waals surface area contributed by atoms with Crippen LogP contribution in [0, 0.1) is 0 Å². The largest absolute Gasteiger partial charge is 0.456 e. The Hall–Kier alpha value is -8.22. The molecule has 0 saturated heterocycles. The molecule has 14 rings (SSSR count). The normalized spacial score (nSPS) is 12.6. The van der Waals surface area contributed by atoms with Gasteiger partial charge in [0.25, 0.3) is 0 Å². The van der Waals surface area contributed by atoms with Crippen LogP contribution in [0.4, 0.5) is 11.4 Å². The van der Waals surface area contributed by atoms with Gasteiger partial charge in [0.1, 0.15) is 33.9 Å². The van der Waals surface area contributed by atoms with Crippen LogP contribution in [0.5, 0.6) is 0 Å². The summed E-state index contributed by atoms with van der Waals surface area (Å²) in [6.45, 7) is 6.75. The number of nitrogens with zero attached hydrogens (tertiary/aromatic N) is 1. The Balaban J connectivity index is 1.07. The van der Waals surface area contributed by atoms with Crippen LogP contribution in [0.15, 0.2) is 195 Å². The minimum atomic E-state index is 0.0438. The molecule has 0 unspecified atom stereocenters. The van der Waals surface area contributed by atoms with Crippen molar-refractivity contribution in [3.8, 4) is 39.5 Å². The molecule has 4 aromatic heterocycles. The van der Waals surface area contributed by atoms with Crippen molar-refractivity contribution in [3.05, 3.63) is 188 Å². The van der Waals surface area contributed by atoms with Gasteiger partial charge in [-0.15, -0.1) is 0 Å². The van der Waals surface area contributed by atoms with Crippen molar-refractivity contribution in [2.75, 3.05) is 5.32 Å². The minimum Gasteiger partial charge on any atom is -0.456 e. The average molecular weight is 848 g/mol. The van der Waals surface area contributed by atoms with Crippen LogP contribution in [0.25, 0.3) is 116 Å². The Morgan fingerprint density at radius 2 is 1.06 bits per heavy atom. The van der Waals surface area contributed by atoms with E-state index in [2.05, 4.69) is 208 Å². The number of para-hydroxylation sites is 2. The van der Waals surface area contributed by atoms with Gasteiger partial charge in [0.15, 0.2) is 7.28 Å². The fourth-order valence-corrected chi connectivity index (χ4v) is 10.6. The van der Waals surface area contributed by atoms with Gasteiger partial charge in [0, 0.05) is 82.7 Å². The number of benzene rings is 9. The second-order valence-electron chi connectivity index (χ2n) is 18.8. The molecular weight excluding hydrogens is 807 g/mol. The molecular formula is C60H40BN2O3. The molecule has 13 aromatic rings. The Bertz CT molecular complexity index is 4130. The molecule has 9 aromatic carbocycles. The lowest BCUT2D eigenvalue weighted by Crippen LogP contribution is -2.37. The lowest BCUT2D eigenvalue weighted by Gasteiger charge is -2.24. The van der Waals surface area contributed by atoms with Crippen LogP contribution >= 0.6 is 0 Å². The summed E-state index contributed by atoms with van der Waals surface area (Å²) in [5.41, 5.74) is 16.7. The minimum absolute atomic E-state index is 0.0438. The summed E-state index contributed by atoms with van der Waals surface area (Å²) in [7, 11) is 2.40. The van der Waals surface area contributed by atoms with Gasteiger partial charge in [-0.1, -0.05) is 154 Å². The number of rotatable bonds is 5. The van der Waals surface area contributed by atoms with Crippen molar-refractivity contribution < 1.29 is 13.3 Å². The van der Waals surface area contributed by atoms with Crippen molar-refractivity contribution in [3.63, 3.8) is 0 Å². The summed E-state index contributed by atoms with van der Waals surface area (Å²) in [6, 6.07) is 64.8. The zero-order valence-corrected chi connectivity index (χ0v) is 36.6. The van der Waals surface area contributed by atoms with E-state index in [1.54, 1.807) is 0 Å². The van der Waals surface area contributed by atoms with Crippen LogP contribution in [0.1, 0.15) is 26.3 Å². The molecule has 1 aliphatic rings. The topological polar surface area (TPSA) is 56.4 Å². The van der Waals surface area contributed by atoms with Gasteiger partial charge in [0.05, 0.1) is 11.2 Å². The fraction of sp³-hybridized carbons (Fsp3) is 0.0667. The SMILES string of the molecule is CC(C)(C)c1ccc(Nc2cc3oc4ccccc4c3cc2-c2ccc3c4cc5oc6ccccc6c5cc4n4c3c2[B]c2cc3c(-c5ccccc5)oc(-c5ccccc5)c3cc2-4)cc1. The van der Waals surface area contributed by atoms with Gasteiger partial charge < -0.3 is 23.1 Å². The van der Waals surface area contributed by atoms with Crippen molar-refractivity contribution in [1.82, 2.24) is 4.57 Å². The van der Waals surface area contributed by atoms with Crippen LogP contribution < -0.4 is 16.2 Å². The van der Waals surface area contributed by atoms with Crippen molar-refractivity contribution in [1.29, 1.82) is 0 Å². The van der Waals surface area contributed by atoms with Gasteiger partial charge in [-0.05, 0) is 70.5 Å². The molecule has 1 radical (unpaired) electrons. The number of anilines is 2. The molecule has 5 heterocycles. The maximum absolute atomic E-state index is 6.98. The molecule has 1 N–H and O–H groups in total. The highest BCUT2D eigenvalue weighted by Gasteiger charge is 2.30. The molecule has 0 saturated carbocycles. The molecule has 0 spiro atoms. The van der Waals surface area contributed by atoms with Crippen LogP contribution in [-0.2, 0) is 5.41 Å². The van der Waals surface area contributed by atoms with E-state index in [9.17, 15) is 0 Å². The van der Waals surface area contributed by atoms with E-state index in [1.807, 2.05) is 12.1 Å². The fourth-order valence-electron chi connectivity index (χ4n) is 10.6. The number of aromatic nitrogens is 1. The smallest absolute Gasteiger partial charge is 0.197 e. The zero-order chi connectivity index (χ0) is 43.8. The molecule has 6 heteroatoms. The highest BCUT2D eigenvalue weighted by Crippen LogP contribution is 2.45. The van der Waals surface area contributed by atoms with Crippen LogP contribution in [-0.4, -0.2) is 11.8 Å². The predicted molar refractivity (Wildman–Crippen MR) is 275 cm³/mol. The summed E-state index contributed by atoms with van der Waals surface area (Å²) < 4.78 is 22.6. The second-order valence-corrected chi connectivity index (χ2v) is 18.8. The van der Waals surface area contributed by atoms with Gasteiger partial charge in [-0.2, -0.15) is 0 Å². The number of furan rings is 3. The summed E-state index contributed by atoms with van der Waals surface area (Å²) in [5, 5.41) is 12.7. The van der Waals surface area contributed by atoms with E-state index in [0.29, 0.717) is 0 Å². The van der Waals surface area contributed by atoms with E-state index in [4.69, 9.17) is 13.3 Å². The van der Waals surface area contributed by atoms with Crippen LogP contribution in [0.3, 0.4) is 0 Å². The Morgan fingerprint density at radius 3 is 1.73 bits per heavy atom. The van der Waals surface area contributed by atoms with E-state index < -0.39 is 0 Å². The standard InChI is InChI=1S/C60H40BN2O3/c1-60(2,3)36-22-24-37(25-23-36)62-49-33-55-44(38-18-10-12-20-52(38)65-55)28-42(49)40-26-27-41-43-32-54-45(39-19-11-13-21-53(39)64-54)30-50(43)63-51-31-47-46(29-48(51)61-56(40)57(41)63)58(34-14-6-4-7-15-34)66-59(47)35-16-8-5-9-17-35/h4-33,62H,1-3H3. The lowest BCUT2D eigenvalue weighted by atomic mass is 9.58. The molecule has 5 nitrogen and oxygen atoms in total. The maximum Gasteiger partial charge on any atom is 0.197 e. The first-order chi connectivity index (χ1) is 32.3. The Morgan fingerprint density at radius 1 is 0.455 bits per heavy atom. The van der Waals surface area contributed by atoms with E-state index in [1.165, 1.54) is 5.56 Å². The predicted octanol–water partition coefficient (Wildman–Crippen LogP) is 15.3. The Labute approximate surface area is 380 Å². The molecule has 0 atom stereocenters. The van der Waals surface area contributed by atoms with Crippen molar-refractivity contribution >= 4 is 106 Å². The summed E-state index contributed by atoms with van der Waals surface area (Å²) in [5.74, 6) is 1.71. The monoisotopic (exact) mass is 847 g/mol. The molecule has 66 heavy (non-hydrogen) atoms. The second kappa shape index (κ2) is 13.6. The highest BCUT2D eigenvalue weighted by molar-refractivity contribution is 6.73. The first-order valence-corrected chi connectivity index (χ1v) is 22.6. The highest BCUT2D eigenvalue weighted by atomic mass is 16.3. The summed E-state index contributed by atoms with van der Waals surface area (Å²) in [6.07, 6.45) is 0. The maximum atomic E-state index is 6.98. The van der Waals surface area contributed by atoms with Crippen molar-refractivity contribution in [2.24, 2.45) is 0 Å². The first kappa shape index (κ1) is 37.2. The number of hydrogen-bond donors (Lipinski definition) is 1. The molecule has 0 amide bonds. The molecule has 311 valence electrons. The van der Waals surface area contributed by atoms with Gasteiger partial charge in [0.2, 0.25) is 0 Å². The summed E-state index contributed by atoms with van der Waals surface area (Å²) >= 11 is 0. The quantitative estimate of drug-likeness (QED) is 0.175. The van der Waals surface area contributed by atoms with Gasteiger partial charge >= 0.3 is 0 Å². The van der Waals surface area contributed by atoms with E-state index in [-0.39, 0.29) is 5.41 Å². The molecule has 0 aliphatic carbocycles. The van der Waals surface area contributed by atoms with Crippen LogP contribution in [0.2, 0.25) is 0 Å². The molecule has 0 fully saturated rings. The number of fused-ring (bicyclic) bond motifs is 12. The third-order valence-corrected chi connectivity index (χ3v) is 13.8. The van der Waals surface area contributed by atoms with Gasteiger partial charge in [-0.25, -0.2) is 0 Å². The van der Waals surface area contributed by atoms with E-state index >= 15 is 0 Å². The number of hydrogen-bond acceptors (Lipinski definition) is 4. The van der Waals surface area contributed by atoms with E-state index in [0.717, 1.165) is 138 Å². The molecule has 0 bridgehead atoms. The van der Waals surface area contributed by atoms with Gasteiger partial charge in [-0.3, -0.25) is 0 Å². The lowest BCUT2D eigenvalue weighted by molar-refractivity contribution is 0.590. The number of nitrogens with one attached hydrogen (secondary N) is 1. The van der Waals surface area contributed by atoms with Crippen molar-refractivity contribution in [2.45, 2.75) is 26.2 Å². The Kier molecular flexibility index (Phi) is 7.69. The third-order valence-electron chi connectivity index (χ3n) is 13.8. The third kappa shape index (κ3) is 5.48. The summed E-state index contributed by atoms with van der Waals surface area (Å²) in [4.78, 5) is 0. The first-order valence-electron chi connectivity index (χ1n) is 22.6. The molecule has 1 aliphatic heterocycles. The average Bonchev–Trinajstić information content (AvgIpc) is 4.10. The zero-order valence-electron chi connectivity index (χ0n) is 36.6.